The third-order valence-electron chi connectivity index (χ3n) is 4.02. The Morgan fingerprint density at radius 3 is 2.53 bits per heavy atom. The van der Waals surface area contributed by atoms with Gasteiger partial charge in [-0.05, 0) is 43.9 Å². The van der Waals surface area contributed by atoms with Crippen LogP contribution < -0.4 is 4.74 Å². The molecule has 1 aliphatic heterocycles. The smallest absolute Gasteiger partial charge is 0.338 e. The van der Waals surface area contributed by atoms with E-state index >= 15 is 0 Å². The third kappa shape index (κ3) is 2.21. The fraction of sp³-hybridized carbons (Fsp3) is 0.533. The molecule has 102 valence electrons. The van der Waals surface area contributed by atoms with Crippen LogP contribution in [0.1, 0.15) is 31.7 Å². The number of ether oxygens (including phenoxy) is 3. The number of benzene rings is 1. The summed E-state index contributed by atoms with van der Waals surface area (Å²) in [6.45, 7) is 1.92. The van der Waals surface area contributed by atoms with E-state index in [2.05, 4.69) is 0 Å². The van der Waals surface area contributed by atoms with E-state index in [0.29, 0.717) is 0 Å². The van der Waals surface area contributed by atoms with E-state index in [1.807, 2.05) is 31.2 Å². The van der Waals surface area contributed by atoms with Gasteiger partial charge in [-0.2, -0.15) is 0 Å². The zero-order valence-corrected chi connectivity index (χ0v) is 11.2. The molecular weight excluding hydrogens is 244 g/mol. The summed E-state index contributed by atoms with van der Waals surface area (Å²) in [5, 5.41) is 0. The van der Waals surface area contributed by atoms with Crippen molar-refractivity contribution >= 4 is 5.97 Å². The Bertz CT molecular complexity index is 477. The Hall–Kier alpha value is -1.55. The van der Waals surface area contributed by atoms with Gasteiger partial charge in [-0.1, -0.05) is 12.1 Å². The average molecular weight is 262 g/mol. The van der Waals surface area contributed by atoms with Gasteiger partial charge in [-0.25, -0.2) is 4.79 Å². The summed E-state index contributed by atoms with van der Waals surface area (Å²) in [6.07, 6.45) is 2.76. The van der Waals surface area contributed by atoms with Gasteiger partial charge in [0.25, 0.3) is 0 Å². The lowest BCUT2D eigenvalue weighted by Crippen LogP contribution is -2.29. The highest BCUT2D eigenvalue weighted by Gasteiger charge is 2.59. The summed E-state index contributed by atoms with van der Waals surface area (Å²) in [5.41, 5.74) is 0.427. The minimum absolute atomic E-state index is 0.108. The van der Waals surface area contributed by atoms with Crippen molar-refractivity contribution in [3.05, 3.63) is 29.8 Å². The number of esters is 1. The van der Waals surface area contributed by atoms with E-state index in [9.17, 15) is 4.79 Å². The second kappa shape index (κ2) is 4.53. The van der Waals surface area contributed by atoms with Gasteiger partial charge in [0, 0.05) is 0 Å². The first kappa shape index (κ1) is 12.5. The molecule has 1 aliphatic carbocycles. The molecule has 1 saturated carbocycles. The summed E-state index contributed by atoms with van der Waals surface area (Å²) in [4.78, 5) is 11.9. The SMILES string of the molecule is COc1ccc(C2(C)OC2C(=O)OC2CCC2)cc1. The Balaban J connectivity index is 1.65. The molecule has 1 aromatic carbocycles. The number of hydrogen-bond acceptors (Lipinski definition) is 4. The number of carbonyl (C=O) groups is 1. The lowest BCUT2D eigenvalue weighted by atomic mass is 9.95. The summed E-state index contributed by atoms with van der Waals surface area (Å²) in [6, 6.07) is 7.60. The van der Waals surface area contributed by atoms with Gasteiger partial charge in [0.15, 0.2) is 6.10 Å². The molecule has 0 aromatic heterocycles. The summed E-state index contributed by atoms with van der Waals surface area (Å²) < 4.78 is 16.1. The normalized spacial score (nSPS) is 29.5. The Morgan fingerprint density at radius 1 is 1.32 bits per heavy atom. The van der Waals surface area contributed by atoms with Gasteiger partial charge in [-0.3, -0.25) is 0 Å². The molecular formula is C15H18O4. The number of epoxide rings is 1. The van der Waals surface area contributed by atoms with Crippen LogP contribution in [0.25, 0.3) is 0 Å². The molecule has 0 radical (unpaired) electrons. The number of methoxy groups -OCH3 is 1. The fourth-order valence-electron chi connectivity index (χ4n) is 2.34. The highest BCUT2D eigenvalue weighted by Crippen LogP contribution is 2.47. The minimum atomic E-state index is -0.549. The predicted octanol–water partition coefficient (Wildman–Crippen LogP) is 2.40. The van der Waals surface area contributed by atoms with Crippen LogP contribution in [0.5, 0.6) is 5.75 Å². The molecule has 0 bridgehead atoms. The van der Waals surface area contributed by atoms with Crippen molar-refractivity contribution in [3.8, 4) is 5.75 Å². The monoisotopic (exact) mass is 262 g/mol. The number of rotatable bonds is 4. The molecule has 0 amide bonds. The maximum absolute atomic E-state index is 11.9. The largest absolute Gasteiger partial charge is 0.497 e. The Morgan fingerprint density at radius 2 is 2.00 bits per heavy atom. The second-order valence-corrected chi connectivity index (χ2v) is 5.32. The molecule has 0 spiro atoms. The molecule has 0 N–H and O–H groups in total. The van der Waals surface area contributed by atoms with Gasteiger partial charge in [0.1, 0.15) is 17.5 Å². The molecule has 19 heavy (non-hydrogen) atoms. The number of hydrogen-bond donors (Lipinski definition) is 0. The molecule has 2 aliphatic rings. The van der Waals surface area contributed by atoms with Gasteiger partial charge >= 0.3 is 5.97 Å². The van der Waals surface area contributed by atoms with Crippen LogP contribution in [-0.2, 0) is 19.9 Å². The van der Waals surface area contributed by atoms with Crippen LogP contribution >= 0.6 is 0 Å². The second-order valence-electron chi connectivity index (χ2n) is 5.32. The quantitative estimate of drug-likeness (QED) is 0.617. The minimum Gasteiger partial charge on any atom is -0.497 e. The first-order valence-electron chi connectivity index (χ1n) is 6.66. The maximum atomic E-state index is 11.9. The van der Waals surface area contributed by atoms with E-state index < -0.39 is 11.7 Å². The summed E-state index contributed by atoms with van der Waals surface area (Å²) in [5.74, 6) is 0.560. The molecule has 2 unspecified atom stereocenters. The van der Waals surface area contributed by atoms with Crippen LogP contribution in [0.4, 0.5) is 0 Å². The van der Waals surface area contributed by atoms with Crippen molar-refractivity contribution in [2.24, 2.45) is 0 Å². The zero-order valence-electron chi connectivity index (χ0n) is 11.2. The lowest BCUT2D eigenvalue weighted by molar-refractivity contribution is -0.154. The standard InChI is InChI=1S/C15H18O4/c1-15(10-6-8-11(17-2)9-7-10)13(19-15)14(16)18-12-4-3-5-12/h6-9,12-13H,3-5H2,1-2H3. The molecule has 4 heteroatoms. The molecule has 2 fully saturated rings. The summed E-state index contributed by atoms with van der Waals surface area (Å²) >= 11 is 0. The summed E-state index contributed by atoms with van der Waals surface area (Å²) in [7, 11) is 1.63. The van der Waals surface area contributed by atoms with Gasteiger partial charge < -0.3 is 14.2 Å². The fourth-order valence-corrected chi connectivity index (χ4v) is 2.34. The molecule has 1 saturated heterocycles. The van der Waals surface area contributed by atoms with Gasteiger partial charge in [0.05, 0.1) is 7.11 Å². The number of carbonyl (C=O) groups excluding carboxylic acids is 1. The first-order chi connectivity index (χ1) is 9.13. The van der Waals surface area contributed by atoms with Crippen molar-refractivity contribution in [1.82, 2.24) is 0 Å². The predicted molar refractivity (Wildman–Crippen MR) is 69.0 cm³/mol. The molecule has 2 atom stereocenters. The molecule has 1 heterocycles. The highest BCUT2D eigenvalue weighted by molar-refractivity contribution is 5.80. The Labute approximate surface area is 112 Å². The highest BCUT2D eigenvalue weighted by atomic mass is 16.7. The Kier molecular flexibility index (Phi) is 2.97. The van der Waals surface area contributed by atoms with Gasteiger partial charge in [0.2, 0.25) is 0 Å². The lowest BCUT2D eigenvalue weighted by Gasteiger charge is -2.24. The molecule has 1 aromatic rings. The van der Waals surface area contributed by atoms with Crippen molar-refractivity contribution in [1.29, 1.82) is 0 Å². The first-order valence-corrected chi connectivity index (χ1v) is 6.66. The van der Waals surface area contributed by atoms with Crippen molar-refractivity contribution < 1.29 is 19.0 Å². The average Bonchev–Trinajstić information content (AvgIpc) is 3.08. The van der Waals surface area contributed by atoms with E-state index in [1.54, 1.807) is 7.11 Å². The van der Waals surface area contributed by atoms with Crippen LogP contribution in [0.3, 0.4) is 0 Å². The van der Waals surface area contributed by atoms with E-state index in [0.717, 1.165) is 30.6 Å². The van der Waals surface area contributed by atoms with Crippen LogP contribution in [-0.4, -0.2) is 25.3 Å². The van der Waals surface area contributed by atoms with Crippen molar-refractivity contribution in [2.75, 3.05) is 7.11 Å². The van der Waals surface area contributed by atoms with Crippen LogP contribution in [0.15, 0.2) is 24.3 Å². The maximum Gasteiger partial charge on any atom is 0.338 e. The van der Waals surface area contributed by atoms with E-state index in [-0.39, 0.29) is 12.1 Å². The third-order valence-corrected chi connectivity index (χ3v) is 4.02. The molecule has 4 nitrogen and oxygen atoms in total. The topological polar surface area (TPSA) is 48.1 Å². The molecule has 3 rings (SSSR count). The van der Waals surface area contributed by atoms with Crippen LogP contribution in [0, 0.1) is 0 Å². The van der Waals surface area contributed by atoms with Gasteiger partial charge in [-0.15, -0.1) is 0 Å². The zero-order chi connectivity index (χ0) is 13.5. The van der Waals surface area contributed by atoms with E-state index in [4.69, 9.17) is 14.2 Å². The van der Waals surface area contributed by atoms with Crippen molar-refractivity contribution in [3.63, 3.8) is 0 Å². The van der Waals surface area contributed by atoms with E-state index in [1.165, 1.54) is 0 Å². The van der Waals surface area contributed by atoms with Crippen molar-refractivity contribution in [2.45, 2.75) is 44.0 Å². The van der Waals surface area contributed by atoms with Crippen LogP contribution in [0.2, 0.25) is 0 Å².